The van der Waals surface area contributed by atoms with Crippen LogP contribution in [-0.4, -0.2) is 38.8 Å². The minimum atomic E-state index is -0.328. The molecule has 1 aliphatic heterocycles. The van der Waals surface area contributed by atoms with E-state index in [4.69, 9.17) is 4.52 Å². The number of likely N-dealkylation sites (tertiary alicyclic amines) is 1. The molecule has 1 fully saturated rings. The third kappa shape index (κ3) is 3.31. The van der Waals surface area contributed by atoms with Crippen LogP contribution in [0.5, 0.6) is 0 Å². The Morgan fingerprint density at radius 1 is 1.33 bits per heavy atom. The van der Waals surface area contributed by atoms with Crippen molar-refractivity contribution in [3.05, 3.63) is 36.2 Å². The van der Waals surface area contributed by atoms with Crippen LogP contribution >= 0.6 is 0 Å². The monoisotopic (exact) mass is 287 g/mol. The zero-order chi connectivity index (χ0) is 14.7. The number of aliphatic hydroxyl groups is 1. The highest BCUT2D eigenvalue weighted by atomic mass is 16.5. The van der Waals surface area contributed by atoms with Gasteiger partial charge in [0, 0.05) is 11.6 Å². The number of benzene rings is 1. The number of hydrogen-bond donors (Lipinski definition) is 1. The number of nitrogens with zero attached hydrogens (tertiary/aromatic N) is 3. The Bertz CT molecular complexity index is 568. The van der Waals surface area contributed by atoms with Crippen LogP contribution in [0.1, 0.15) is 32.0 Å². The molecule has 2 unspecified atom stereocenters. The maximum absolute atomic E-state index is 9.90. The van der Waals surface area contributed by atoms with E-state index < -0.39 is 0 Å². The fraction of sp³-hybridized carbons (Fsp3) is 0.500. The molecule has 1 saturated heterocycles. The first-order valence-corrected chi connectivity index (χ1v) is 7.54. The molecule has 1 aromatic heterocycles. The number of aromatic nitrogens is 2. The molecule has 0 bridgehead atoms. The lowest BCUT2D eigenvalue weighted by Gasteiger charge is -2.36. The van der Waals surface area contributed by atoms with Crippen LogP contribution in [0.2, 0.25) is 0 Å². The molecule has 112 valence electrons. The molecule has 0 radical (unpaired) electrons. The number of hydrogen-bond acceptors (Lipinski definition) is 5. The Labute approximate surface area is 124 Å². The van der Waals surface area contributed by atoms with Crippen LogP contribution in [0.3, 0.4) is 0 Å². The van der Waals surface area contributed by atoms with E-state index in [-0.39, 0.29) is 12.1 Å². The lowest BCUT2D eigenvalue weighted by molar-refractivity contribution is 0.0298. The molecule has 5 nitrogen and oxygen atoms in total. The standard InChI is InChI=1S/C16H21N3O2/c1-12(20)14-9-5-6-10-19(14)11-15-17-16(21-18-15)13-7-3-2-4-8-13/h2-4,7-8,12,14,20H,5-6,9-11H2,1H3. The predicted octanol–water partition coefficient (Wildman–Crippen LogP) is 2.47. The number of piperidine rings is 1. The Morgan fingerprint density at radius 3 is 2.90 bits per heavy atom. The Kier molecular flexibility index (Phi) is 4.31. The van der Waals surface area contributed by atoms with E-state index in [1.165, 1.54) is 6.42 Å². The van der Waals surface area contributed by atoms with Gasteiger partial charge in [0.2, 0.25) is 0 Å². The maximum atomic E-state index is 9.90. The summed E-state index contributed by atoms with van der Waals surface area (Å²) in [6.45, 7) is 3.46. The molecule has 2 atom stereocenters. The molecular formula is C16H21N3O2. The van der Waals surface area contributed by atoms with E-state index in [9.17, 15) is 5.11 Å². The summed E-state index contributed by atoms with van der Waals surface area (Å²) in [7, 11) is 0. The van der Waals surface area contributed by atoms with E-state index in [1.807, 2.05) is 37.3 Å². The van der Waals surface area contributed by atoms with Crippen LogP contribution in [-0.2, 0) is 6.54 Å². The van der Waals surface area contributed by atoms with Gasteiger partial charge in [-0.15, -0.1) is 0 Å². The first-order valence-electron chi connectivity index (χ1n) is 7.54. The number of rotatable bonds is 4. The zero-order valence-corrected chi connectivity index (χ0v) is 12.3. The molecule has 0 saturated carbocycles. The third-order valence-corrected chi connectivity index (χ3v) is 4.05. The van der Waals surface area contributed by atoms with Gasteiger partial charge in [0.15, 0.2) is 5.82 Å². The van der Waals surface area contributed by atoms with Crippen molar-refractivity contribution in [2.45, 2.75) is 44.9 Å². The first-order chi connectivity index (χ1) is 10.2. The molecule has 0 spiro atoms. The van der Waals surface area contributed by atoms with Gasteiger partial charge < -0.3 is 9.63 Å². The van der Waals surface area contributed by atoms with Gasteiger partial charge in [0.25, 0.3) is 5.89 Å². The highest BCUT2D eigenvalue weighted by Crippen LogP contribution is 2.22. The molecule has 1 N–H and O–H groups in total. The lowest BCUT2D eigenvalue weighted by Crippen LogP contribution is -2.45. The summed E-state index contributed by atoms with van der Waals surface area (Å²) < 4.78 is 5.34. The second-order valence-electron chi connectivity index (χ2n) is 5.66. The van der Waals surface area contributed by atoms with Crippen molar-refractivity contribution < 1.29 is 9.63 Å². The van der Waals surface area contributed by atoms with E-state index in [1.54, 1.807) is 0 Å². The van der Waals surface area contributed by atoms with Crippen molar-refractivity contribution in [1.82, 2.24) is 15.0 Å². The summed E-state index contributed by atoms with van der Waals surface area (Å²) in [4.78, 5) is 6.73. The molecule has 1 aliphatic rings. The number of aliphatic hydroxyl groups excluding tert-OH is 1. The Balaban J connectivity index is 1.72. The van der Waals surface area contributed by atoms with Gasteiger partial charge >= 0.3 is 0 Å². The highest BCUT2D eigenvalue weighted by Gasteiger charge is 2.27. The summed E-state index contributed by atoms with van der Waals surface area (Å²) in [6, 6.07) is 9.97. The van der Waals surface area contributed by atoms with Gasteiger partial charge in [0.1, 0.15) is 0 Å². The summed E-state index contributed by atoms with van der Waals surface area (Å²) in [5, 5.41) is 14.0. The third-order valence-electron chi connectivity index (χ3n) is 4.05. The largest absolute Gasteiger partial charge is 0.392 e. The summed E-state index contributed by atoms with van der Waals surface area (Å²) in [5.41, 5.74) is 0.932. The molecule has 5 heteroatoms. The molecular weight excluding hydrogens is 266 g/mol. The molecule has 0 amide bonds. The van der Waals surface area contributed by atoms with Gasteiger partial charge in [-0.1, -0.05) is 29.8 Å². The lowest BCUT2D eigenvalue weighted by atomic mass is 9.98. The topological polar surface area (TPSA) is 62.4 Å². The van der Waals surface area contributed by atoms with Crippen LogP contribution in [0.4, 0.5) is 0 Å². The van der Waals surface area contributed by atoms with Crippen LogP contribution in [0, 0.1) is 0 Å². The SMILES string of the molecule is CC(O)C1CCCCN1Cc1noc(-c2ccccc2)n1. The fourth-order valence-electron chi connectivity index (χ4n) is 2.96. The van der Waals surface area contributed by atoms with Crippen molar-refractivity contribution in [2.75, 3.05) is 6.54 Å². The van der Waals surface area contributed by atoms with Crippen LogP contribution < -0.4 is 0 Å². The Morgan fingerprint density at radius 2 is 2.14 bits per heavy atom. The summed E-state index contributed by atoms with van der Waals surface area (Å²) in [5.74, 6) is 1.23. The molecule has 21 heavy (non-hydrogen) atoms. The zero-order valence-electron chi connectivity index (χ0n) is 12.3. The minimum absolute atomic E-state index is 0.192. The first kappa shape index (κ1) is 14.2. The Hall–Kier alpha value is -1.72. The molecule has 1 aromatic carbocycles. The average Bonchev–Trinajstić information content (AvgIpc) is 2.97. The van der Waals surface area contributed by atoms with Gasteiger partial charge in [-0.2, -0.15) is 4.98 Å². The van der Waals surface area contributed by atoms with Gasteiger partial charge in [-0.05, 0) is 38.4 Å². The highest BCUT2D eigenvalue weighted by molar-refractivity contribution is 5.51. The fourth-order valence-corrected chi connectivity index (χ4v) is 2.96. The van der Waals surface area contributed by atoms with Crippen molar-refractivity contribution in [3.63, 3.8) is 0 Å². The second kappa shape index (κ2) is 6.37. The van der Waals surface area contributed by atoms with Crippen LogP contribution in [0.15, 0.2) is 34.9 Å². The second-order valence-corrected chi connectivity index (χ2v) is 5.66. The van der Waals surface area contributed by atoms with E-state index in [2.05, 4.69) is 15.0 Å². The van der Waals surface area contributed by atoms with Gasteiger partial charge in [0.05, 0.1) is 12.6 Å². The van der Waals surface area contributed by atoms with E-state index in [0.717, 1.165) is 24.9 Å². The molecule has 2 aromatic rings. The van der Waals surface area contributed by atoms with Gasteiger partial charge in [-0.25, -0.2) is 0 Å². The van der Waals surface area contributed by atoms with Crippen molar-refractivity contribution in [1.29, 1.82) is 0 Å². The van der Waals surface area contributed by atoms with Crippen LogP contribution in [0.25, 0.3) is 11.5 Å². The maximum Gasteiger partial charge on any atom is 0.257 e. The van der Waals surface area contributed by atoms with Gasteiger partial charge in [-0.3, -0.25) is 4.90 Å². The van der Waals surface area contributed by atoms with Crippen molar-refractivity contribution >= 4 is 0 Å². The van der Waals surface area contributed by atoms with E-state index in [0.29, 0.717) is 18.3 Å². The van der Waals surface area contributed by atoms with Crippen molar-refractivity contribution in [3.8, 4) is 11.5 Å². The predicted molar refractivity (Wildman–Crippen MR) is 79.5 cm³/mol. The minimum Gasteiger partial charge on any atom is -0.392 e. The summed E-state index contributed by atoms with van der Waals surface area (Å²) in [6.07, 6.45) is 3.03. The quantitative estimate of drug-likeness (QED) is 0.936. The molecule has 3 rings (SSSR count). The average molecular weight is 287 g/mol. The van der Waals surface area contributed by atoms with E-state index >= 15 is 0 Å². The summed E-state index contributed by atoms with van der Waals surface area (Å²) >= 11 is 0. The molecule has 2 heterocycles. The molecule has 0 aliphatic carbocycles. The smallest absolute Gasteiger partial charge is 0.257 e. The normalized spacial score (nSPS) is 21.3. The van der Waals surface area contributed by atoms with Crippen molar-refractivity contribution in [2.24, 2.45) is 0 Å².